The van der Waals surface area contributed by atoms with Gasteiger partial charge in [-0.2, -0.15) is 0 Å². The Bertz CT molecular complexity index is 609. The van der Waals surface area contributed by atoms with E-state index in [0.29, 0.717) is 22.7 Å². The summed E-state index contributed by atoms with van der Waals surface area (Å²) in [7, 11) is 0. The van der Waals surface area contributed by atoms with Crippen LogP contribution < -0.4 is 0 Å². The summed E-state index contributed by atoms with van der Waals surface area (Å²) in [6, 6.07) is 3.80. The number of nitrogens with zero attached hydrogens (tertiary/aromatic N) is 2. The molecule has 1 heterocycles. The monoisotopic (exact) mass is 326 g/mol. The summed E-state index contributed by atoms with van der Waals surface area (Å²) in [4.78, 5) is 15.4. The maximum Gasteiger partial charge on any atom is 0.299 e. The zero-order chi connectivity index (χ0) is 12.7. The number of halogens is 1. The summed E-state index contributed by atoms with van der Waals surface area (Å²) in [5.41, 5.74) is 3.15. The van der Waals surface area contributed by atoms with Crippen LogP contribution in [0, 0.1) is 16.0 Å². The van der Waals surface area contributed by atoms with E-state index in [1.807, 2.05) is 12.1 Å². The van der Waals surface area contributed by atoms with Gasteiger partial charge in [-0.1, -0.05) is 22.0 Å². The number of fused-ring (bicyclic) bond motifs is 1. The number of nitro groups is 1. The van der Waals surface area contributed by atoms with Crippen molar-refractivity contribution in [2.24, 2.45) is 5.92 Å². The molecular formula is C12H11BrN2O2S. The van der Waals surface area contributed by atoms with Gasteiger partial charge in [0.25, 0.3) is 5.69 Å². The predicted molar refractivity (Wildman–Crippen MR) is 75.4 cm³/mol. The second-order valence-electron chi connectivity index (χ2n) is 4.59. The van der Waals surface area contributed by atoms with Crippen LogP contribution in [-0.2, 0) is 6.42 Å². The van der Waals surface area contributed by atoms with Crippen molar-refractivity contribution in [2.45, 2.75) is 24.1 Å². The highest BCUT2D eigenvalue weighted by molar-refractivity contribution is 9.09. The third-order valence-electron chi connectivity index (χ3n) is 3.29. The average molecular weight is 327 g/mol. The van der Waals surface area contributed by atoms with Crippen molar-refractivity contribution in [1.82, 2.24) is 4.98 Å². The van der Waals surface area contributed by atoms with Crippen LogP contribution in [0.2, 0.25) is 0 Å². The van der Waals surface area contributed by atoms with Crippen molar-refractivity contribution in [3.63, 3.8) is 0 Å². The molecule has 0 bridgehead atoms. The van der Waals surface area contributed by atoms with Gasteiger partial charge in [-0.05, 0) is 31.2 Å². The zero-order valence-electron chi connectivity index (χ0n) is 9.51. The first kappa shape index (κ1) is 12.0. The van der Waals surface area contributed by atoms with Gasteiger partial charge in [0.1, 0.15) is 0 Å². The molecule has 0 spiro atoms. The summed E-state index contributed by atoms with van der Waals surface area (Å²) >= 11 is 5.08. The number of hydrogen-bond acceptors (Lipinski definition) is 4. The van der Waals surface area contributed by atoms with Gasteiger partial charge in [0.05, 0.1) is 15.1 Å². The molecule has 0 aliphatic heterocycles. The molecule has 1 unspecified atom stereocenters. The second kappa shape index (κ2) is 4.59. The predicted octanol–water partition coefficient (Wildman–Crippen LogP) is 3.92. The molecule has 94 valence electrons. The lowest BCUT2D eigenvalue weighted by molar-refractivity contribution is -0.383. The van der Waals surface area contributed by atoms with E-state index in [1.165, 1.54) is 24.2 Å². The van der Waals surface area contributed by atoms with Gasteiger partial charge >= 0.3 is 0 Å². The second-order valence-corrected chi connectivity index (χ2v) is 6.65. The van der Waals surface area contributed by atoms with E-state index in [1.54, 1.807) is 5.51 Å². The minimum atomic E-state index is -0.302. The zero-order valence-corrected chi connectivity index (χ0v) is 11.9. The van der Waals surface area contributed by atoms with Crippen LogP contribution in [0.4, 0.5) is 5.69 Å². The lowest BCUT2D eigenvalue weighted by Crippen LogP contribution is -2.07. The highest BCUT2D eigenvalue weighted by Crippen LogP contribution is 2.40. The Morgan fingerprint density at radius 2 is 2.33 bits per heavy atom. The molecule has 1 aromatic carbocycles. The largest absolute Gasteiger partial charge is 0.299 e. The van der Waals surface area contributed by atoms with Crippen molar-refractivity contribution in [2.75, 3.05) is 0 Å². The maximum atomic E-state index is 11.3. The van der Waals surface area contributed by atoms with E-state index in [9.17, 15) is 10.1 Å². The number of hydrogen-bond donors (Lipinski definition) is 0. The first-order valence-corrected chi connectivity index (χ1v) is 7.60. The van der Waals surface area contributed by atoms with Crippen LogP contribution in [0.1, 0.15) is 18.4 Å². The molecule has 2 aromatic rings. The number of benzene rings is 1. The van der Waals surface area contributed by atoms with E-state index in [-0.39, 0.29) is 10.6 Å². The standard InChI is InChI=1S/C12H11BrN2O2S/c13-9(7-1-2-7)5-8-3-4-10-11(14-6-18-10)12(8)15(16)17/h3-4,6-7,9H,1-2,5H2. The quantitative estimate of drug-likeness (QED) is 0.486. The van der Waals surface area contributed by atoms with E-state index in [2.05, 4.69) is 20.9 Å². The molecule has 1 aliphatic rings. The van der Waals surface area contributed by atoms with Crippen LogP contribution in [-0.4, -0.2) is 14.7 Å². The number of aromatic nitrogens is 1. The molecule has 6 heteroatoms. The molecule has 18 heavy (non-hydrogen) atoms. The Morgan fingerprint density at radius 1 is 1.56 bits per heavy atom. The number of alkyl halides is 1. The minimum Gasteiger partial charge on any atom is -0.258 e. The first-order chi connectivity index (χ1) is 8.66. The maximum absolute atomic E-state index is 11.3. The van der Waals surface area contributed by atoms with Crippen molar-refractivity contribution >= 4 is 43.2 Å². The molecule has 1 aromatic heterocycles. The normalized spacial score (nSPS) is 16.9. The molecule has 0 radical (unpaired) electrons. The highest BCUT2D eigenvalue weighted by atomic mass is 79.9. The first-order valence-electron chi connectivity index (χ1n) is 5.80. The molecule has 1 fully saturated rings. The number of rotatable bonds is 4. The van der Waals surface area contributed by atoms with E-state index >= 15 is 0 Å². The van der Waals surface area contributed by atoms with Crippen LogP contribution >= 0.6 is 27.3 Å². The molecule has 4 nitrogen and oxygen atoms in total. The minimum absolute atomic E-state index is 0.179. The SMILES string of the molecule is O=[N+]([O-])c1c(CC(Br)C2CC2)ccc2scnc12. The Hall–Kier alpha value is -1.01. The topological polar surface area (TPSA) is 56.0 Å². The van der Waals surface area contributed by atoms with E-state index in [0.717, 1.165) is 10.3 Å². The fourth-order valence-electron chi connectivity index (χ4n) is 2.16. The third-order valence-corrected chi connectivity index (χ3v) is 5.16. The van der Waals surface area contributed by atoms with Gasteiger partial charge in [-0.15, -0.1) is 11.3 Å². The van der Waals surface area contributed by atoms with Gasteiger partial charge in [-0.3, -0.25) is 10.1 Å². The number of thiazole rings is 1. The molecule has 0 N–H and O–H groups in total. The summed E-state index contributed by atoms with van der Waals surface area (Å²) in [5, 5.41) is 11.3. The van der Waals surface area contributed by atoms with Crippen molar-refractivity contribution in [1.29, 1.82) is 0 Å². The molecule has 1 atom stereocenters. The van der Waals surface area contributed by atoms with Crippen LogP contribution in [0.25, 0.3) is 10.2 Å². The fraction of sp³-hybridized carbons (Fsp3) is 0.417. The van der Waals surface area contributed by atoms with Crippen LogP contribution in [0.15, 0.2) is 17.6 Å². The van der Waals surface area contributed by atoms with Crippen molar-refractivity contribution in [3.05, 3.63) is 33.3 Å². The Morgan fingerprint density at radius 3 is 3.00 bits per heavy atom. The lowest BCUT2D eigenvalue weighted by atomic mass is 10.0. The van der Waals surface area contributed by atoms with Crippen molar-refractivity contribution in [3.8, 4) is 0 Å². The smallest absolute Gasteiger partial charge is 0.258 e. The molecule has 3 rings (SSSR count). The molecule has 0 saturated heterocycles. The summed E-state index contributed by atoms with van der Waals surface area (Å²) in [6.07, 6.45) is 3.15. The Labute approximate surface area is 116 Å². The summed E-state index contributed by atoms with van der Waals surface area (Å²) in [5.74, 6) is 0.677. The third kappa shape index (κ3) is 2.14. The highest BCUT2D eigenvalue weighted by Gasteiger charge is 2.31. The van der Waals surface area contributed by atoms with Gasteiger partial charge in [-0.25, -0.2) is 4.98 Å². The molecule has 1 saturated carbocycles. The van der Waals surface area contributed by atoms with Gasteiger partial charge in [0.15, 0.2) is 5.52 Å². The van der Waals surface area contributed by atoms with Gasteiger partial charge in [0.2, 0.25) is 0 Å². The lowest BCUT2D eigenvalue weighted by Gasteiger charge is -2.08. The van der Waals surface area contributed by atoms with E-state index < -0.39 is 0 Å². The summed E-state index contributed by atoms with van der Waals surface area (Å²) in [6.45, 7) is 0. The van der Waals surface area contributed by atoms with Gasteiger partial charge in [0, 0.05) is 10.4 Å². The number of nitro benzene ring substituents is 1. The molecular weight excluding hydrogens is 316 g/mol. The average Bonchev–Trinajstić information content (AvgIpc) is 3.07. The van der Waals surface area contributed by atoms with E-state index in [4.69, 9.17) is 0 Å². The Balaban J connectivity index is 2.03. The molecule has 0 amide bonds. The van der Waals surface area contributed by atoms with Crippen LogP contribution in [0.3, 0.4) is 0 Å². The van der Waals surface area contributed by atoms with Gasteiger partial charge < -0.3 is 0 Å². The molecule has 1 aliphatic carbocycles. The van der Waals surface area contributed by atoms with Crippen molar-refractivity contribution < 1.29 is 4.92 Å². The van der Waals surface area contributed by atoms with Crippen LogP contribution in [0.5, 0.6) is 0 Å². The Kier molecular flexibility index (Phi) is 3.07. The summed E-state index contributed by atoms with van der Waals surface area (Å²) < 4.78 is 0.878. The fourth-order valence-corrected chi connectivity index (χ4v) is 3.72.